The van der Waals surface area contributed by atoms with Crippen molar-refractivity contribution in [2.45, 2.75) is 36.8 Å². The summed E-state index contributed by atoms with van der Waals surface area (Å²) < 4.78 is 13.7. The molecule has 10 heteroatoms. The van der Waals surface area contributed by atoms with Gasteiger partial charge in [-0.25, -0.2) is 4.99 Å². The number of para-hydroxylation sites is 1. The number of allylic oxidation sites excluding steroid dienone is 1. The Balaban J connectivity index is 1.61. The summed E-state index contributed by atoms with van der Waals surface area (Å²) in [7, 11) is 1.58. The lowest BCUT2D eigenvalue weighted by Gasteiger charge is -2.29. The van der Waals surface area contributed by atoms with Crippen molar-refractivity contribution in [1.82, 2.24) is 9.47 Å². The molecule has 5 rings (SSSR count). The maximum absolute atomic E-state index is 13.9. The Morgan fingerprint density at radius 1 is 1.15 bits per heavy atom. The number of hydrogen-bond acceptors (Lipinski definition) is 7. The molecule has 0 saturated carbocycles. The van der Waals surface area contributed by atoms with Crippen LogP contribution in [0.15, 0.2) is 96.1 Å². The van der Waals surface area contributed by atoms with Crippen LogP contribution in [-0.4, -0.2) is 35.6 Å². The van der Waals surface area contributed by atoms with Gasteiger partial charge in [0.2, 0.25) is 0 Å². The van der Waals surface area contributed by atoms with Crippen molar-refractivity contribution in [1.29, 1.82) is 0 Å². The predicted molar refractivity (Wildman–Crippen MR) is 159 cm³/mol. The highest BCUT2D eigenvalue weighted by Gasteiger charge is 2.35. The van der Waals surface area contributed by atoms with E-state index in [1.54, 1.807) is 22.7 Å². The van der Waals surface area contributed by atoms with Gasteiger partial charge in [0.25, 0.3) is 11.5 Å². The molecule has 0 bridgehead atoms. The van der Waals surface area contributed by atoms with Gasteiger partial charge in [-0.15, -0.1) is 0 Å². The number of benzene rings is 2. The quantitative estimate of drug-likeness (QED) is 0.269. The minimum absolute atomic E-state index is 0.147. The second-order valence-corrected chi connectivity index (χ2v) is 11.5. The Labute approximate surface area is 245 Å². The second kappa shape index (κ2) is 11.9. The molecule has 0 aliphatic carbocycles. The van der Waals surface area contributed by atoms with E-state index in [2.05, 4.69) is 0 Å². The highest BCUT2D eigenvalue weighted by atomic mass is 35.5. The van der Waals surface area contributed by atoms with E-state index in [0.717, 1.165) is 10.5 Å². The molecule has 1 unspecified atom stereocenters. The molecule has 1 amide bonds. The number of halogens is 1. The van der Waals surface area contributed by atoms with Gasteiger partial charge in [-0.05, 0) is 63.2 Å². The zero-order chi connectivity index (χ0) is 28.4. The molecule has 0 spiro atoms. The minimum atomic E-state index is -0.685. The number of rotatable bonds is 8. The van der Waals surface area contributed by atoms with Crippen LogP contribution in [0.4, 0.5) is 0 Å². The zero-order valence-corrected chi connectivity index (χ0v) is 24.9. The fourth-order valence-corrected chi connectivity index (χ4v) is 6.61. The Morgan fingerprint density at radius 3 is 2.58 bits per heavy atom. The SMILES string of the molecule is CCN(CC)C(=O)C1=C(C)N=c2s/c(=C\c3ccc(Sc4ccc(Cl)cc4)o3)c(=O)n2C1c1ccccc1OC. The van der Waals surface area contributed by atoms with Crippen molar-refractivity contribution in [2.75, 3.05) is 20.2 Å². The molecule has 0 N–H and O–H groups in total. The Hall–Kier alpha value is -3.53. The van der Waals surface area contributed by atoms with Crippen LogP contribution < -0.4 is 19.6 Å². The predicted octanol–water partition coefficient (Wildman–Crippen LogP) is 5.51. The highest BCUT2D eigenvalue weighted by Crippen LogP contribution is 2.36. The molecule has 0 fully saturated rings. The topological polar surface area (TPSA) is 77.0 Å². The number of likely N-dealkylation sites (N-methyl/N-ethyl adjacent to an activating group) is 1. The van der Waals surface area contributed by atoms with Gasteiger partial charge in [-0.3, -0.25) is 14.2 Å². The van der Waals surface area contributed by atoms with Crippen molar-refractivity contribution in [3.8, 4) is 5.75 Å². The molecule has 1 aliphatic rings. The van der Waals surface area contributed by atoms with Gasteiger partial charge in [0, 0.05) is 34.6 Å². The van der Waals surface area contributed by atoms with Crippen molar-refractivity contribution >= 4 is 46.7 Å². The molecule has 2 aromatic heterocycles. The largest absolute Gasteiger partial charge is 0.496 e. The smallest absolute Gasteiger partial charge is 0.271 e. The van der Waals surface area contributed by atoms with Crippen LogP contribution in [0.25, 0.3) is 6.08 Å². The van der Waals surface area contributed by atoms with Gasteiger partial charge >= 0.3 is 0 Å². The number of ether oxygens (including phenoxy) is 1. The van der Waals surface area contributed by atoms with Crippen LogP contribution in [0, 0.1) is 0 Å². The maximum atomic E-state index is 13.9. The summed E-state index contributed by atoms with van der Waals surface area (Å²) in [5, 5.41) is 1.36. The molecule has 206 valence electrons. The first-order chi connectivity index (χ1) is 19.3. The van der Waals surface area contributed by atoms with Gasteiger partial charge < -0.3 is 14.1 Å². The van der Waals surface area contributed by atoms with Crippen LogP contribution in [0.3, 0.4) is 0 Å². The Bertz CT molecular complexity index is 1770. The number of hydrogen-bond donors (Lipinski definition) is 0. The first kappa shape index (κ1) is 28.0. The normalized spacial score (nSPS) is 15.1. The van der Waals surface area contributed by atoms with Gasteiger partial charge in [0.1, 0.15) is 17.6 Å². The van der Waals surface area contributed by atoms with Crippen molar-refractivity contribution in [3.05, 3.63) is 108 Å². The van der Waals surface area contributed by atoms with Crippen LogP contribution in [0.5, 0.6) is 5.75 Å². The second-order valence-electron chi connectivity index (χ2n) is 9.01. The number of amides is 1. The summed E-state index contributed by atoms with van der Waals surface area (Å²) in [6.07, 6.45) is 1.72. The first-order valence-corrected chi connectivity index (χ1v) is 14.8. The number of fused-ring (bicyclic) bond motifs is 1. The lowest BCUT2D eigenvalue weighted by Crippen LogP contribution is -2.43. The highest BCUT2D eigenvalue weighted by molar-refractivity contribution is 7.99. The standard InChI is InChI=1S/C30H28ClN3O4S2/c1-5-33(6-2)29(36)26-18(3)32-30-34(27(26)22-9-7-8-10-23(22)37-4)28(35)24(40-30)17-20-13-16-25(38-20)39-21-14-11-19(31)12-15-21/h7-17,27H,5-6H2,1-4H3/b24-17-. The fraction of sp³-hybridized carbons (Fsp3) is 0.233. The van der Waals surface area contributed by atoms with E-state index >= 15 is 0 Å². The molecule has 0 radical (unpaired) electrons. The third kappa shape index (κ3) is 5.41. The molecule has 7 nitrogen and oxygen atoms in total. The van der Waals surface area contributed by atoms with Crippen LogP contribution in [-0.2, 0) is 4.79 Å². The number of furan rings is 1. The number of carbonyl (C=O) groups is 1. The van der Waals surface area contributed by atoms with E-state index < -0.39 is 6.04 Å². The fourth-order valence-electron chi connectivity index (χ4n) is 4.68. The van der Waals surface area contributed by atoms with Crippen LogP contribution in [0.2, 0.25) is 5.02 Å². The summed E-state index contributed by atoms with van der Waals surface area (Å²) in [4.78, 5) is 35.7. The molecule has 40 heavy (non-hydrogen) atoms. The lowest BCUT2D eigenvalue weighted by atomic mass is 9.94. The van der Waals surface area contributed by atoms with Crippen molar-refractivity contribution in [3.63, 3.8) is 0 Å². The first-order valence-electron chi connectivity index (χ1n) is 12.8. The average molecular weight is 594 g/mol. The zero-order valence-electron chi connectivity index (χ0n) is 22.5. The third-order valence-electron chi connectivity index (χ3n) is 6.64. The number of thiazole rings is 1. The van der Waals surface area contributed by atoms with E-state index in [1.165, 1.54) is 23.1 Å². The number of methoxy groups -OCH3 is 1. The van der Waals surface area contributed by atoms with Gasteiger partial charge in [0.15, 0.2) is 9.89 Å². The van der Waals surface area contributed by atoms with Crippen LogP contribution in [0.1, 0.15) is 38.1 Å². The number of nitrogens with zero attached hydrogens (tertiary/aromatic N) is 3. The number of carbonyl (C=O) groups excluding carboxylic acids is 1. The Morgan fingerprint density at radius 2 is 1.88 bits per heavy atom. The lowest BCUT2D eigenvalue weighted by molar-refractivity contribution is -0.127. The van der Waals surface area contributed by atoms with Gasteiger partial charge in [-0.1, -0.05) is 52.9 Å². The molecule has 1 aliphatic heterocycles. The van der Waals surface area contributed by atoms with Crippen molar-refractivity contribution < 1.29 is 13.9 Å². The molecule has 0 saturated heterocycles. The molecule has 4 aromatic rings. The van der Waals surface area contributed by atoms with Crippen molar-refractivity contribution in [2.24, 2.45) is 4.99 Å². The summed E-state index contributed by atoms with van der Waals surface area (Å²) in [6, 6.07) is 18.0. The van der Waals surface area contributed by atoms with E-state index in [1.807, 2.05) is 81.4 Å². The van der Waals surface area contributed by atoms with E-state index in [0.29, 0.717) is 55.3 Å². The van der Waals surface area contributed by atoms with E-state index in [9.17, 15) is 9.59 Å². The van der Waals surface area contributed by atoms with E-state index in [-0.39, 0.29) is 11.5 Å². The van der Waals surface area contributed by atoms with Crippen LogP contribution >= 0.6 is 34.7 Å². The maximum Gasteiger partial charge on any atom is 0.271 e. The summed E-state index contributed by atoms with van der Waals surface area (Å²) >= 11 is 8.72. The monoisotopic (exact) mass is 593 g/mol. The summed E-state index contributed by atoms with van der Waals surface area (Å²) in [5.74, 6) is 0.994. The van der Waals surface area contributed by atoms with Gasteiger partial charge in [0.05, 0.1) is 22.9 Å². The molecule has 2 aromatic carbocycles. The molecular weight excluding hydrogens is 566 g/mol. The summed E-state index contributed by atoms with van der Waals surface area (Å²) in [5.41, 5.74) is 1.52. The molecule has 3 heterocycles. The number of aromatic nitrogens is 1. The Kier molecular flexibility index (Phi) is 8.35. The third-order valence-corrected chi connectivity index (χ3v) is 8.81. The molecule has 1 atom stereocenters. The molecular formula is C30H28ClN3O4S2. The summed E-state index contributed by atoms with van der Waals surface area (Å²) in [6.45, 7) is 6.79. The van der Waals surface area contributed by atoms with Gasteiger partial charge in [-0.2, -0.15) is 0 Å². The minimum Gasteiger partial charge on any atom is -0.496 e. The average Bonchev–Trinajstić information content (AvgIpc) is 3.52. The van der Waals surface area contributed by atoms with E-state index in [4.69, 9.17) is 25.7 Å².